The van der Waals surface area contributed by atoms with E-state index in [4.69, 9.17) is 4.98 Å². The van der Waals surface area contributed by atoms with Crippen LogP contribution in [0.2, 0.25) is 0 Å². The van der Waals surface area contributed by atoms with Crippen LogP contribution < -0.4 is 10.9 Å². The van der Waals surface area contributed by atoms with Gasteiger partial charge >= 0.3 is 0 Å². The largest absolute Gasteiger partial charge is 0.301 e. The minimum Gasteiger partial charge on any atom is -0.301 e. The Bertz CT molecular complexity index is 901. The summed E-state index contributed by atoms with van der Waals surface area (Å²) in [6.07, 6.45) is 0.899. The molecule has 2 heterocycles. The molecule has 0 spiro atoms. The number of hydrogen-bond acceptors (Lipinski definition) is 3. The van der Waals surface area contributed by atoms with Crippen LogP contribution in [0.1, 0.15) is 36.8 Å². The zero-order valence-electron chi connectivity index (χ0n) is 13.1. The molecule has 0 bridgehead atoms. The number of benzene rings is 2. The Labute approximate surface area is 134 Å². The lowest BCUT2D eigenvalue weighted by Crippen LogP contribution is -2.26. The van der Waals surface area contributed by atoms with E-state index in [-0.39, 0.29) is 17.6 Å². The molecule has 0 aliphatic carbocycles. The van der Waals surface area contributed by atoms with Crippen LogP contribution in [0, 0.1) is 0 Å². The first-order chi connectivity index (χ1) is 11.2. The van der Waals surface area contributed by atoms with Crippen molar-refractivity contribution in [3.05, 3.63) is 76.3 Å². The van der Waals surface area contributed by atoms with Crippen molar-refractivity contribution in [2.75, 3.05) is 0 Å². The van der Waals surface area contributed by atoms with Crippen molar-refractivity contribution in [1.82, 2.24) is 14.9 Å². The second kappa shape index (κ2) is 5.63. The van der Waals surface area contributed by atoms with Crippen molar-refractivity contribution in [3.8, 4) is 0 Å². The predicted molar refractivity (Wildman–Crippen MR) is 91.4 cm³/mol. The second-order valence-electron chi connectivity index (χ2n) is 6.08. The third kappa shape index (κ3) is 2.45. The SMILES string of the molecule is CC(NC1CCn2c1nc1ccccc1c2=O)c1ccccc1. The van der Waals surface area contributed by atoms with Crippen molar-refractivity contribution in [2.45, 2.75) is 32.0 Å². The zero-order chi connectivity index (χ0) is 15.8. The maximum atomic E-state index is 12.6. The van der Waals surface area contributed by atoms with Gasteiger partial charge in [0, 0.05) is 12.6 Å². The van der Waals surface area contributed by atoms with Crippen molar-refractivity contribution in [1.29, 1.82) is 0 Å². The third-order valence-electron chi connectivity index (χ3n) is 4.59. The van der Waals surface area contributed by atoms with Crippen molar-refractivity contribution < 1.29 is 0 Å². The van der Waals surface area contributed by atoms with E-state index in [2.05, 4.69) is 24.4 Å². The Hall–Kier alpha value is -2.46. The quantitative estimate of drug-likeness (QED) is 0.808. The topological polar surface area (TPSA) is 46.9 Å². The molecular formula is C19H19N3O. The van der Waals surface area contributed by atoms with Gasteiger partial charge in [0.05, 0.1) is 16.9 Å². The number of fused-ring (bicyclic) bond motifs is 2. The van der Waals surface area contributed by atoms with Gasteiger partial charge in [-0.15, -0.1) is 0 Å². The summed E-state index contributed by atoms with van der Waals surface area (Å²) >= 11 is 0. The molecule has 4 nitrogen and oxygen atoms in total. The van der Waals surface area contributed by atoms with Gasteiger partial charge in [-0.25, -0.2) is 4.98 Å². The van der Waals surface area contributed by atoms with Gasteiger partial charge < -0.3 is 5.32 Å². The van der Waals surface area contributed by atoms with Gasteiger partial charge in [-0.2, -0.15) is 0 Å². The molecule has 0 amide bonds. The number of nitrogens with zero attached hydrogens (tertiary/aromatic N) is 2. The van der Waals surface area contributed by atoms with Crippen LogP contribution in [-0.2, 0) is 6.54 Å². The average Bonchev–Trinajstić information content (AvgIpc) is 2.99. The van der Waals surface area contributed by atoms with Gasteiger partial charge in [0.2, 0.25) is 0 Å². The normalized spacial score (nSPS) is 18.0. The maximum Gasteiger partial charge on any atom is 0.261 e. The van der Waals surface area contributed by atoms with Crippen molar-refractivity contribution in [3.63, 3.8) is 0 Å². The highest BCUT2D eigenvalue weighted by atomic mass is 16.1. The van der Waals surface area contributed by atoms with Gasteiger partial charge in [0.1, 0.15) is 5.82 Å². The van der Waals surface area contributed by atoms with Crippen LogP contribution in [0.4, 0.5) is 0 Å². The van der Waals surface area contributed by atoms with E-state index < -0.39 is 0 Å². The zero-order valence-corrected chi connectivity index (χ0v) is 13.1. The Kier molecular flexibility index (Phi) is 3.46. The van der Waals surface area contributed by atoms with Gasteiger partial charge in [-0.3, -0.25) is 9.36 Å². The van der Waals surface area contributed by atoms with E-state index in [0.717, 1.165) is 24.3 Å². The molecule has 116 valence electrons. The molecule has 0 fully saturated rings. The predicted octanol–water partition coefficient (Wildman–Crippen LogP) is 3.19. The van der Waals surface area contributed by atoms with E-state index >= 15 is 0 Å². The van der Waals surface area contributed by atoms with Crippen LogP contribution in [0.25, 0.3) is 10.9 Å². The number of para-hydroxylation sites is 1. The summed E-state index contributed by atoms with van der Waals surface area (Å²) in [4.78, 5) is 17.4. The molecule has 2 unspecified atom stereocenters. The van der Waals surface area contributed by atoms with Gasteiger partial charge in [0.25, 0.3) is 5.56 Å². The van der Waals surface area contributed by atoms with Gasteiger partial charge in [0.15, 0.2) is 0 Å². The first-order valence-electron chi connectivity index (χ1n) is 8.04. The summed E-state index contributed by atoms with van der Waals surface area (Å²) in [5, 5.41) is 4.32. The average molecular weight is 305 g/mol. The number of aromatic nitrogens is 2. The lowest BCUT2D eigenvalue weighted by Gasteiger charge is -2.19. The van der Waals surface area contributed by atoms with E-state index in [1.165, 1.54) is 5.56 Å². The van der Waals surface area contributed by atoms with Crippen LogP contribution >= 0.6 is 0 Å². The molecular weight excluding hydrogens is 286 g/mol. The molecule has 2 aromatic carbocycles. The summed E-state index contributed by atoms with van der Waals surface area (Å²) in [5.41, 5.74) is 2.10. The van der Waals surface area contributed by atoms with Crippen LogP contribution in [-0.4, -0.2) is 9.55 Å². The summed E-state index contributed by atoms with van der Waals surface area (Å²) in [6.45, 7) is 2.88. The minimum absolute atomic E-state index is 0.0715. The van der Waals surface area contributed by atoms with E-state index in [9.17, 15) is 4.79 Å². The smallest absolute Gasteiger partial charge is 0.261 e. The van der Waals surface area contributed by atoms with Gasteiger partial charge in [-0.1, -0.05) is 42.5 Å². The molecule has 0 saturated carbocycles. The highest BCUT2D eigenvalue weighted by molar-refractivity contribution is 5.77. The minimum atomic E-state index is 0.0715. The van der Waals surface area contributed by atoms with Crippen molar-refractivity contribution >= 4 is 10.9 Å². The third-order valence-corrected chi connectivity index (χ3v) is 4.59. The molecule has 4 rings (SSSR count). The second-order valence-corrected chi connectivity index (χ2v) is 6.08. The first kappa shape index (κ1) is 14.2. The molecule has 1 aliphatic heterocycles. The monoisotopic (exact) mass is 305 g/mol. The highest BCUT2D eigenvalue weighted by Gasteiger charge is 2.27. The molecule has 1 aliphatic rings. The maximum absolute atomic E-state index is 12.6. The Morgan fingerprint density at radius 1 is 1.13 bits per heavy atom. The fourth-order valence-electron chi connectivity index (χ4n) is 3.35. The van der Waals surface area contributed by atoms with Crippen LogP contribution in [0.5, 0.6) is 0 Å². The van der Waals surface area contributed by atoms with E-state index in [1.54, 1.807) is 0 Å². The molecule has 1 N–H and O–H groups in total. The van der Waals surface area contributed by atoms with Crippen LogP contribution in [0.15, 0.2) is 59.4 Å². The summed E-state index contributed by atoms with van der Waals surface area (Å²) in [5.74, 6) is 0.858. The lowest BCUT2D eigenvalue weighted by molar-refractivity contribution is 0.459. The lowest BCUT2D eigenvalue weighted by atomic mass is 10.1. The molecule has 1 aromatic heterocycles. The fraction of sp³-hybridized carbons (Fsp3) is 0.263. The molecule has 2 atom stereocenters. The summed E-state index contributed by atoms with van der Waals surface area (Å²) in [7, 11) is 0. The number of nitrogens with one attached hydrogen (secondary N) is 1. The highest BCUT2D eigenvalue weighted by Crippen LogP contribution is 2.27. The first-order valence-corrected chi connectivity index (χ1v) is 8.04. The van der Waals surface area contributed by atoms with Crippen LogP contribution in [0.3, 0.4) is 0 Å². The fourth-order valence-corrected chi connectivity index (χ4v) is 3.35. The number of hydrogen-bond donors (Lipinski definition) is 1. The molecule has 3 aromatic rings. The summed E-state index contributed by atoms with van der Waals surface area (Å²) in [6, 6.07) is 18.3. The molecule has 0 saturated heterocycles. The summed E-state index contributed by atoms with van der Waals surface area (Å²) < 4.78 is 1.82. The Morgan fingerprint density at radius 2 is 1.87 bits per heavy atom. The standard InChI is InChI=1S/C19H19N3O/c1-13(14-7-3-2-4-8-14)20-17-11-12-22-18(17)21-16-10-6-5-9-15(16)19(22)23/h2-10,13,17,20H,11-12H2,1H3. The molecule has 23 heavy (non-hydrogen) atoms. The molecule has 0 radical (unpaired) electrons. The number of rotatable bonds is 3. The van der Waals surface area contributed by atoms with E-state index in [1.807, 2.05) is 47.0 Å². The van der Waals surface area contributed by atoms with Gasteiger partial charge in [-0.05, 0) is 31.0 Å². The molecule has 4 heteroatoms. The Balaban J connectivity index is 1.69. The van der Waals surface area contributed by atoms with Crippen molar-refractivity contribution in [2.24, 2.45) is 0 Å². The Morgan fingerprint density at radius 3 is 2.70 bits per heavy atom. The van der Waals surface area contributed by atoms with E-state index in [0.29, 0.717) is 5.39 Å².